The highest BCUT2D eigenvalue weighted by Gasteiger charge is 2.24. The molecule has 5 rings (SSSR count). The normalized spacial score (nSPS) is 15.1. The quantitative estimate of drug-likeness (QED) is 0.563. The first-order valence-electron chi connectivity index (χ1n) is 9.50. The Morgan fingerprint density at radius 2 is 2.23 bits per heavy atom. The molecule has 0 fully saturated rings. The van der Waals surface area contributed by atoms with Crippen LogP contribution in [-0.2, 0) is 13.5 Å². The molecule has 4 aromatic rings. The molecular formula is C21H18FN7O. The SMILES string of the molecule is Cc1cc(-c2cnc(NCC3Cc4cc(F)ccc4O3)n3cc(C#N)nc23)n(C)n1. The van der Waals surface area contributed by atoms with Crippen molar-refractivity contribution in [2.24, 2.45) is 7.05 Å². The second kappa shape index (κ2) is 6.84. The van der Waals surface area contributed by atoms with Crippen LogP contribution in [0.5, 0.6) is 5.75 Å². The predicted molar refractivity (Wildman–Crippen MR) is 108 cm³/mol. The van der Waals surface area contributed by atoms with Gasteiger partial charge in [-0.25, -0.2) is 14.4 Å². The third-order valence-electron chi connectivity index (χ3n) is 5.14. The molecule has 0 spiro atoms. The molecule has 1 aromatic carbocycles. The van der Waals surface area contributed by atoms with Crippen molar-refractivity contribution in [3.8, 4) is 23.1 Å². The molecule has 9 heteroatoms. The summed E-state index contributed by atoms with van der Waals surface area (Å²) < 4.78 is 22.9. The number of aryl methyl sites for hydroxylation is 2. The molecule has 150 valence electrons. The van der Waals surface area contributed by atoms with Crippen LogP contribution >= 0.6 is 0 Å². The molecule has 1 N–H and O–H groups in total. The summed E-state index contributed by atoms with van der Waals surface area (Å²) in [4.78, 5) is 9.00. The minimum Gasteiger partial charge on any atom is -0.488 e. The third-order valence-corrected chi connectivity index (χ3v) is 5.14. The second-order valence-corrected chi connectivity index (χ2v) is 7.30. The van der Waals surface area contributed by atoms with Gasteiger partial charge in [-0.3, -0.25) is 9.08 Å². The Balaban J connectivity index is 1.44. The van der Waals surface area contributed by atoms with E-state index in [4.69, 9.17) is 4.74 Å². The standard InChI is InChI=1S/C21H18FN7O/c1-12-5-18(28(2)27-12)17-10-25-21(29-11-15(8-23)26-20(17)29)24-9-16-7-13-6-14(22)3-4-19(13)30-16/h3-6,10-11,16H,7,9H2,1-2H3,(H,24,25). The summed E-state index contributed by atoms with van der Waals surface area (Å²) in [5.74, 6) is 0.989. The zero-order valence-corrected chi connectivity index (χ0v) is 16.4. The van der Waals surface area contributed by atoms with Crippen LogP contribution in [0.3, 0.4) is 0 Å². The maximum Gasteiger partial charge on any atom is 0.208 e. The van der Waals surface area contributed by atoms with Crippen LogP contribution in [0.2, 0.25) is 0 Å². The Morgan fingerprint density at radius 3 is 3.00 bits per heavy atom. The molecule has 1 aliphatic rings. The molecule has 8 nitrogen and oxygen atoms in total. The van der Waals surface area contributed by atoms with Crippen LogP contribution in [0.15, 0.2) is 36.7 Å². The Kier molecular flexibility index (Phi) is 4.13. The number of nitrogens with zero attached hydrogens (tertiary/aromatic N) is 6. The Hall–Kier alpha value is -3.93. The summed E-state index contributed by atoms with van der Waals surface area (Å²) in [6.07, 6.45) is 3.85. The van der Waals surface area contributed by atoms with Gasteiger partial charge in [0.2, 0.25) is 5.95 Å². The number of ether oxygens (including phenoxy) is 1. The van der Waals surface area contributed by atoms with E-state index in [-0.39, 0.29) is 11.9 Å². The van der Waals surface area contributed by atoms with Crippen LogP contribution in [0, 0.1) is 24.1 Å². The highest BCUT2D eigenvalue weighted by atomic mass is 19.1. The van der Waals surface area contributed by atoms with Gasteiger partial charge >= 0.3 is 0 Å². The molecule has 0 radical (unpaired) electrons. The van der Waals surface area contributed by atoms with Gasteiger partial charge in [0.05, 0.1) is 29.7 Å². The zero-order chi connectivity index (χ0) is 20.8. The zero-order valence-electron chi connectivity index (χ0n) is 16.4. The number of nitriles is 1. The van der Waals surface area contributed by atoms with Gasteiger partial charge < -0.3 is 10.1 Å². The van der Waals surface area contributed by atoms with Crippen molar-refractivity contribution in [2.75, 3.05) is 11.9 Å². The van der Waals surface area contributed by atoms with E-state index in [1.165, 1.54) is 12.1 Å². The van der Waals surface area contributed by atoms with Crippen molar-refractivity contribution < 1.29 is 9.13 Å². The highest BCUT2D eigenvalue weighted by molar-refractivity contribution is 5.76. The first-order valence-corrected chi connectivity index (χ1v) is 9.50. The molecular weight excluding hydrogens is 385 g/mol. The van der Waals surface area contributed by atoms with Crippen molar-refractivity contribution in [1.82, 2.24) is 24.1 Å². The summed E-state index contributed by atoms with van der Waals surface area (Å²) in [7, 11) is 1.86. The lowest BCUT2D eigenvalue weighted by Crippen LogP contribution is -2.25. The molecule has 30 heavy (non-hydrogen) atoms. The molecule has 0 bridgehead atoms. The summed E-state index contributed by atoms with van der Waals surface area (Å²) in [5, 5.41) is 17.0. The number of imidazole rings is 1. The van der Waals surface area contributed by atoms with Gasteiger partial charge in [-0.1, -0.05) is 0 Å². The largest absolute Gasteiger partial charge is 0.488 e. The maximum atomic E-state index is 13.4. The summed E-state index contributed by atoms with van der Waals surface area (Å²) in [6.45, 7) is 2.39. The number of halogens is 1. The number of aromatic nitrogens is 5. The molecule has 3 aromatic heterocycles. The smallest absolute Gasteiger partial charge is 0.208 e. The number of benzene rings is 1. The van der Waals surface area contributed by atoms with Crippen LogP contribution < -0.4 is 10.1 Å². The topological polar surface area (TPSA) is 93.1 Å². The van der Waals surface area contributed by atoms with Crippen molar-refractivity contribution in [2.45, 2.75) is 19.4 Å². The lowest BCUT2D eigenvalue weighted by Gasteiger charge is -2.14. The van der Waals surface area contributed by atoms with Gasteiger partial charge in [0.1, 0.15) is 23.7 Å². The first-order chi connectivity index (χ1) is 14.5. The number of hydrogen-bond acceptors (Lipinski definition) is 6. The molecule has 0 saturated heterocycles. The summed E-state index contributed by atoms with van der Waals surface area (Å²) in [5.41, 5.74) is 4.30. The minimum absolute atomic E-state index is 0.142. The summed E-state index contributed by atoms with van der Waals surface area (Å²) in [6, 6.07) is 8.59. The van der Waals surface area contributed by atoms with E-state index >= 15 is 0 Å². The van der Waals surface area contributed by atoms with Crippen molar-refractivity contribution >= 4 is 11.6 Å². The Morgan fingerprint density at radius 1 is 1.37 bits per heavy atom. The fourth-order valence-electron chi connectivity index (χ4n) is 3.81. The Bertz CT molecular complexity index is 1320. The van der Waals surface area contributed by atoms with E-state index in [9.17, 15) is 9.65 Å². The monoisotopic (exact) mass is 403 g/mol. The molecule has 1 unspecified atom stereocenters. The molecule has 0 aliphatic carbocycles. The molecule has 1 atom stereocenters. The fourth-order valence-corrected chi connectivity index (χ4v) is 3.81. The average molecular weight is 403 g/mol. The molecule has 0 amide bonds. The Labute approximate surface area is 171 Å². The van der Waals surface area contributed by atoms with Gasteiger partial charge in [0.25, 0.3) is 0 Å². The van der Waals surface area contributed by atoms with E-state index in [0.717, 1.165) is 22.5 Å². The van der Waals surface area contributed by atoms with Crippen LogP contribution in [0.25, 0.3) is 16.9 Å². The van der Waals surface area contributed by atoms with Crippen LogP contribution in [0.4, 0.5) is 10.3 Å². The average Bonchev–Trinajstić information content (AvgIpc) is 3.41. The van der Waals surface area contributed by atoms with Crippen LogP contribution in [0.1, 0.15) is 17.0 Å². The fraction of sp³-hybridized carbons (Fsp3) is 0.238. The number of anilines is 1. The van der Waals surface area contributed by atoms with Crippen molar-refractivity contribution in [1.29, 1.82) is 5.26 Å². The number of fused-ring (bicyclic) bond motifs is 2. The minimum atomic E-state index is -0.266. The highest BCUT2D eigenvalue weighted by Crippen LogP contribution is 2.30. The molecule has 0 saturated carbocycles. The van der Waals surface area contributed by atoms with E-state index in [1.807, 2.05) is 20.0 Å². The van der Waals surface area contributed by atoms with Crippen LogP contribution in [-0.4, -0.2) is 36.8 Å². The third kappa shape index (κ3) is 3.03. The predicted octanol–water partition coefficient (Wildman–Crippen LogP) is 2.86. The number of hydrogen-bond donors (Lipinski definition) is 1. The first kappa shape index (κ1) is 18.1. The van der Waals surface area contributed by atoms with Gasteiger partial charge in [-0.15, -0.1) is 0 Å². The lowest BCUT2D eigenvalue weighted by molar-refractivity contribution is 0.246. The van der Waals surface area contributed by atoms with E-state index in [2.05, 4.69) is 26.5 Å². The van der Waals surface area contributed by atoms with Crippen molar-refractivity contribution in [3.63, 3.8) is 0 Å². The molecule has 1 aliphatic heterocycles. The summed E-state index contributed by atoms with van der Waals surface area (Å²) >= 11 is 0. The van der Waals surface area contributed by atoms with Gasteiger partial charge in [0, 0.05) is 25.2 Å². The van der Waals surface area contributed by atoms with E-state index in [1.54, 1.807) is 27.5 Å². The number of nitrogens with one attached hydrogen (secondary N) is 1. The van der Waals surface area contributed by atoms with E-state index in [0.29, 0.717) is 36.0 Å². The van der Waals surface area contributed by atoms with E-state index < -0.39 is 0 Å². The van der Waals surface area contributed by atoms with Gasteiger partial charge in [-0.05, 0) is 31.2 Å². The lowest BCUT2D eigenvalue weighted by atomic mass is 10.1. The second-order valence-electron chi connectivity index (χ2n) is 7.30. The van der Waals surface area contributed by atoms with Crippen molar-refractivity contribution in [3.05, 3.63) is 59.4 Å². The molecule has 4 heterocycles. The van der Waals surface area contributed by atoms with Gasteiger partial charge in [0.15, 0.2) is 11.3 Å². The maximum absolute atomic E-state index is 13.4. The van der Waals surface area contributed by atoms with Gasteiger partial charge in [-0.2, -0.15) is 10.4 Å². The number of rotatable bonds is 4.